The molecule has 0 unspecified atom stereocenters. The van der Waals surface area contributed by atoms with Crippen molar-refractivity contribution in [3.8, 4) is 0 Å². The molecule has 0 fully saturated rings. The van der Waals surface area contributed by atoms with Crippen LogP contribution in [0.3, 0.4) is 0 Å². The van der Waals surface area contributed by atoms with Crippen LogP contribution in [0.2, 0.25) is 0 Å². The molecule has 0 saturated heterocycles. The van der Waals surface area contributed by atoms with Crippen molar-refractivity contribution in [1.29, 1.82) is 0 Å². The summed E-state index contributed by atoms with van der Waals surface area (Å²) in [6, 6.07) is 44.4. The van der Waals surface area contributed by atoms with E-state index in [0.717, 1.165) is 31.3 Å². The van der Waals surface area contributed by atoms with Gasteiger partial charge in [0.15, 0.2) is 0 Å². The summed E-state index contributed by atoms with van der Waals surface area (Å²) in [6.07, 6.45) is 0. The van der Waals surface area contributed by atoms with Crippen LogP contribution in [-0.2, 0) is 12.1 Å². The van der Waals surface area contributed by atoms with Crippen LogP contribution < -0.4 is 5.32 Å². The molecular formula is C35H29IN4O2. The summed E-state index contributed by atoms with van der Waals surface area (Å²) in [6.45, 7) is 2.42. The Kier molecular flexibility index (Phi) is 7.86. The van der Waals surface area contributed by atoms with Crippen molar-refractivity contribution >= 4 is 39.2 Å². The average molecular weight is 665 g/mol. The van der Waals surface area contributed by atoms with E-state index in [2.05, 4.69) is 83.4 Å². The minimum absolute atomic E-state index is 0.0326. The molecule has 1 atom stereocenters. The minimum Gasteiger partial charge on any atom is -0.306 e. The van der Waals surface area contributed by atoms with Gasteiger partial charge >= 0.3 is 0 Å². The molecule has 6 aromatic rings. The topological polar surface area (TPSA) is 73.0 Å². The maximum atomic E-state index is 12.5. The van der Waals surface area contributed by atoms with Crippen molar-refractivity contribution in [2.75, 3.05) is 0 Å². The third kappa shape index (κ3) is 4.99. The van der Waals surface area contributed by atoms with Gasteiger partial charge in [0, 0.05) is 29.6 Å². The molecule has 0 amide bonds. The van der Waals surface area contributed by atoms with Crippen molar-refractivity contribution in [1.82, 2.24) is 15.1 Å². The zero-order valence-electron chi connectivity index (χ0n) is 23.0. The first-order valence-electron chi connectivity index (χ1n) is 13.8. The lowest BCUT2D eigenvalue weighted by molar-refractivity contribution is -0.385. The van der Waals surface area contributed by atoms with Gasteiger partial charge in [0.2, 0.25) is 0 Å². The molecule has 0 spiro atoms. The molecule has 0 saturated carbocycles. The molecule has 7 heteroatoms. The fourth-order valence-electron chi connectivity index (χ4n) is 5.75. The number of nitro groups is 1. The van der Waals surface area contributed by atoms with Crippen molar-refractivity contribution in [3.05, 3.63) is 175 Å². The SMILES string of the molecule is C[C@@H](NCc1cc2c(I)nn(C(c3ccccc3)(c3ccccc3)c3ccccc3)c2cc1[N+](=O)[O-])c1ccccc1. The van der Waals surface area contributed by atoms with Gasteiger partial charge in [0.1, 0.15) is 9.24 Å². The highest BCUT2D eigenvalue weighted by Crippen LogP contribution is 2.43. The Balaban J connectivity index is 1.58. The fourth-order valence-corrected chi connectivity index (χ4v) is 6.40. The van der Waals surface area contributed by atoms with E-state index in [0.29, 0.717) is 17.6 Å². The van der Waals surface area contributed by atoms with Crippen LogP contribution in [0, 0.1) is 13.8 Å². The number of hydrogen-bond acceptors (Lipinski definition) is 4. The van der Waals surface area contributed by atoms with Crippen LogP contribution in [0.15, 0.2) is 133 Å². The maximum Gasteiger partial charge on any atom is 0.276 e. The quantitative estimate of drug-likeness (QED) is 0.0732. The third-order valence-corrected chi connectivity index (χ3v) is 8.62. The Bertz CT molecular complexity index is 1730. The number of nitrogens with one attached hydrogen (secondary N) is 1. The molecule has 0 radical (unpaired) electrons. The van der Waals surface area contributed by atoms with E-state index in [9.17, 15) is 10.1 Å². The summed E-state index contributed by atoms with van der Waals surface area (Å²) in [5.41, 5.74) is 4.66. The number of nitro benzene ring substituents is 1. The molecule has 0 bridgehead atoms. The van der Waals surface area contributed by atoms with Gasteiger partial charge < -0.3 is 5.32 Å². The molecule has 42 heavy (non-hydrogen) atoms. The number of benzene rings is 5. The van der Waals surface area contributed by atoms with Crippen LogP contribution in [0.1, 0.15) is 40.8 Å². The van der Waals surface area contributed by atoms with Gasteiger partial charge in [0.05, 0.1) is 10.4 Å². The monoisotopic (exact) mass is 664 g/mol. The molecule has 0 aliphatic heterocycles. The van der Waals surface area contributed by atoms with Gasteiger partial charge in [-0.05, 0) is 57.8 Å². The molecule has 1 N–H and O–H groups in total. The molecule has 0 aliphatic rings. The Morgan fingerprint density at radius 3 is 1.76 bits per heavy atom. The normalized spacial score (nSPS) is 12.3. The number of rotatable bonds is 9. The lowest BCUT2D eigenvalue weighted by Gasteiger charge is -2.37. The second kappa shape index (κ2) is 11.9. The van der Waals surface area contributed by atoms with Crippen molar-refractivity contribution in [2.24, 2.45) is 0 Å². The lowest BCUT2D eigenvalue weighted by atomic mass is 9.77. The van der Waals surface area contributed by atoms with Crippen LogP contribution >= 0.6 is 22.6 Å². The van der Waals surface area contributed by atoms with Gasteiger partial charge in [0.25, 0.3) is 5.69 Å². The van der Waals surface area contributed by atoms with E-state index in [-0.39, 0.29) is 16.7 Å². The Labute approximate surface area is 258 Å². The highest BCUT2D eigenvalue weighted by atomic mass is 127. The summed E-state index contributed by atoms with van der Waals surface area (Å²) >= 11 is 2.25. The molecular weight excluding hydrogens is 635 g/mol. The van der Waals surface area contributed by atoms with Crippen molar-refractivity contribution in [3.63, 3.8) is 0 Å². The van der Waals surface area contributed by atoms with E-state index in [1.54, 1.807) is 6.07 Å². The average Bonchev–Trinajstić information content (AvgIpc) is 3.37. The summed E-state index contributed by atoms with van der Waals surface area (Å²) in [7, 11) is 0. The predicted octanol–water partition coefficient (Wildman–Crippen LogP) is 8.24. The van der Waals surface area contributed by atoms with Crippen LogP contribution in [-0.4, -0.2) is 14.7 Å². The molecule has 1 heterocycles. The van der Waals surface area contributed by atoms with Crippen molar-refractivity contribution < 1.29 is 4.92 Å². The van der Waals surface area contributed by atoms with E-state index in [4.69, 9.17) is 5.10 Å². The van der Waals surface area contributed by atoms with E-state index in [1.165, 1.54) is 0 Å². The number of nitrogens with zero attached hydrogens (tertiary/aromatic N) is 3. The smallest absolute Gasteiger partial charge is 0.276 e. The van der Waals surface area contributed by atoms with E-state index >= 15 is 0 Å². The van der Waals surface area contributed by atoms with Crippen LogP contribution in [0.25, 0.3) is 10.9 Å². The van der Waals surface area contributed by atoms with Crippen molar-refractivity contribution in [2.45, 2.75) is 25.0 Å². The summed E-state index contributed by atoms with van der Waals surface area (Å²) in [4.78, 5) is 12.2. The summed E-state index contributed by atoms with van der Waals surface area (Å²) in [5, 5.41) is 22.0. The first kappa shape index (κ1) is 27.8. The minimum atomic E-state index is -0.874. The van der Waals surface area contributed by atoms with E-state index in [1.807, 2.05) is 83.5 Å². The Morgan fingerprint density at radius 2 is 1.29 bits per heavy atom. The maximum absolute atomic E-state index is 12.5. The summed E-state index contributed by atoms with van der Waals surface area (Å²) < 4.78 is 2.75. The second-order valence-corrected chi connectivity index (χ2v) is 11.3. The van der Waals surface area contributed by atoms with Crippen LogP contribution in [0.5, 0.6) is 0 Å². The van der Waals surface area contributed by atoms with Gasteiger partial charge in [-0.15, -0.1) is 0 Å². The zero-order chi connectivity index (χ0) is 29.1. The van der Waals surface area contributed by atoms with Gasteiger partial charge in [-0.2, -0.15) is 5.10 Å². The largest absolute Gasteiger partial charge is 0.306 e. The number of aromatic nitrogens is 2. The van der Waals surface area contributed by atoms with Gasteiger partial charge in [-0.3, -0.25) is 10.1 Å². The predicted molar refractivity (Wildman–Crippen MR) is 175 cm³/mol. The molecule has 0 aliphatic carbocycles. The number of hydrogen-bond donors (Lipinski definition) is 1. The Morgan fingerprint density at radius 1 is 0.810 bits per heavy atom. The highest BCUT2D eigenvalue weighted by Gasteiger charge is 2.41. The molecule has 6 nitrogen and oxygen atoms in total. The third-order valence-electron chi connectivity index (χ3n) is 7.82. The molecule has 208 valence electrons. The Hall–Kier alpha value is -4.34. The first-order valence-corrected chi connectivity index (χ1v) is 14.9. The van der Waals surface area contributed by atoms with Crippen LogP contribution in [0.4, 0.5) is 5.69 Å². The lowest BCUT2D eigenvalue weighted by Crippen LogP contribution is -2.38. The number of fused-ring (bicyclic) bond motifs is 1. The number of halogens is 1. The second-order valence-electron chi connectivity index (χ2n) is 10.3. The molecule has 6 rings (SSSR count). The summed E-state index contributed by atoms with van der Waals surface area (Å²) in [5.74, 6) is 0. The van der Waals surface area contributed by atoms with Gasteiger partial charge in [-0.25, -0.2) is 4.68 Å². The molecule has 5 aromatic carbocycles. The highest BCUT2D eigenvalue weighted by molar-refractivity contribution is 14.1. The molecule has 1 aromatic heterocycles. The van der Waals surface area contributed by atoms with E-state index < -0.39 is 5.54 Å². The first-order chi connectivity index (χ1) is 20.5. The fraction of sp³-hybridized carbons (Fsp3) is 0.114. The zero-order valence-corrected chi connectivity index (χ0v) is 25.2. The standard InChI is InChI=1S/C35H29IN4O2/c1-25(26-14-6-2-7-15-26)37-24-27-22-31-33(23-32(27)40(41)42)39(38-34(31)36)35(28-16-8-3-9-17-28,29-18-10-4-11-19-29)30-20-12-5-13-21-30/h2-23,25,37H,24H2,1H3/t25-/m1/s1. The van der Waals surface area contributed by atoms with Gasteiger partial charge in [-0.1, -0.05) is 121 Å².